The van der Waals surface area contributed by atoms with E-state index < -0.39 is 43.5 Å². The van der Waals surface area contributed by atoms with Crippen molar-refractivity contribution >= 4 is 6.09 Å². The van der Waals surface area contributed by atoms with Crippen LogP contribution in [-0.4, -0.2) is 35.6 Å². The number of piperidine rings is 1. The summed E-state index contributed by atoms with van der Waals surface area (Å²) in [5, 5.41) is 0. The van der Waals surface area contributed by atoms with Gasteiger partial charge in [-0.05, 0) is 33.5 Å². The van der Waals surface area contributed by atoms with Gasteiger partial charge >= 0.3 is 6.09 Å². The van der Waals surface area contributed by atoms with Crippen LogP contribution < -0.4 is 5.73 Å². The molecule has 0 aromatic heterocycles. The molecule has 1 amide bonds. The van der Waals surface area contributed by atoms with Crippen LogP contribution in [0.3, 0.4) is 0 Å². The van der Waals surface area contributed by atoms with Crippen molar-refractivity contribution in [2.24, 2.45) is 5.73 Å². The fraction of sp³-hybridized carbons (Fsp3) is 0.900. The molecule has 0 saturated carbocycles. The van der Waals surface area contributed by atoms with Crippen molar-refractivity contribution in [3.8, 4) is 0 Å². The van der Waals surface area contributed by atoms with E-state index in [4.69, 9.17) is 22.8 Å². The lowest BCUT2D eigenvalue weighted by Gasteiger charge is -2.32. The average Bonchev–Trinajstić information content (AvgIpc) is 2.22. The zero-order valence-electron chi connectivity index (χ0n) is 17.3. The van der Waals surface area contributed by atoms with Gasteiger partial charge in [-0.1, -0.05) is 0 Å². The summed E-state index contributed by atoms with van der Waals surface area (Å²) in [6, 6.07) is -3.30. The lowest BCUT2D eigenvalue weighted by molar-refractivity contribution is 0.0207. The van der Waals surface area contributed by atoms with Crippen LogP contribution >= 0.6 is 0 Å². The summed E-state index contributed by atoms with van der Waals surface area (Å²) >= 11 is 0. The average molecular weight is 209 g/mol. The Bertz CT molecular complexity index is 483. The predicted octanol–water partition coefficient (Wildman–Crippen LogP) is 1.34. The van der Waals surface area contributed by atoms with E-state index in [-0.39, 0.29) is 4.90 Å². The van der Waals surface area contributed by atoms with E-state index in [2.05, 4.69) is 0 Å². The van der Waals surface area contributed by atoms with E-state index in [1.54, 1.807) is 0 Å². The van der Waals surface area contributed by atoms with Crippen LogP contribution in [0.4, 0.5) is 4.79 Å². The molecule has 1 aliphatic rings. The second kappa shape index (κ2) is 4.17. The molecule has 0 aliphatic carbocycles. The molecule has 0 unspecified atom stereocenters. The zero-order chi connectivity index (χ0) is 18.9. The minimum absolute atomic E-state index is 0.287. The van der Waals surface area contributed by atoms with E-state index in [0.717, 1.165) is 0 Å². The summed E-state index contributed by atoms with van der Waals surface area (Å²) in [6.45, 7) is -2.56. The van der Waals surface area contributed by atoms with Crippen molar-refractivity contribution in [1.82, 2.24) is 4.90 Å². The highest BCUT2D eigenvalue weighted by Crippen LogP contribution is 2.14. The highest BCUT2D eigenvalue weighted by molar-refractivity contribution is 5.68. The third kappa shape index (κ3) is 3.54. The number of rotatable bonds is 0. The highest BCUT2D eigenvalue weighted by Gasteiger charge is 2.25. The summed E-state index contributed by atoms with van der Waals surface area (Å²) in [5.74, 6) is 0. The van der Waals surface area contributed by atoms with Gasteiger partial charge in [0, 0.05) is 31.3 Å². The van der Waals surface area contributed by atoms with Gasteiger partial charge in [-0.3, -0.25) is 0 Å². The fourth-order valence-corrected chi connectivity index (χ4v) is 0.690. The highest BCUT2D eigenvalue weighted by atomic mass is 16.6. The van der Waals surface area contributed by atoms with Crippen molar-refractivity contribution in [2.75, 3.05) is 13.0 Å². The molecule has 0 spiro atoms. The van der Waals surface area contributed by atoms with Crippen molar-refractivity contribution < 1.29 is 21.9 Å². The molecule has 1 rings (SSSR count). The molecule has 1 aliphatic heterocycles. The van der Waals surface area contributed by atoms with E-state index in [1.807, 2.05) is 0 Å². The first-order valence-corrected chi connectivity index (χ1v) is 4.07. The van der Waals surface area contributed by atoms with Crippen LogP contribution in [0.25, 0.3) is 0 Å². The van der Waals surface area contributed by atoms with Gasteiger partial charge in [0.15, 0.2) is 0 Å². The second-order valence-electron chi connectivity index (χ2n) is 3.70. The fourth-order valence-electron chi connectivity index (χ4n) is 0.690. The van der Waals surface area contributed by atoms with E-state index in [0.29, 0.717) is 0 Å². The summed E-state index contributed by atoms with van der Waals surface area (Å²) < 4.78 is 74.9. The van der Waals surface area contributed by atoms with Gasteiger partial charge in [0.2, 0.25) is 0 Å². The lowest BCUT2D eigenvalue weighted by Crippen LogP contribution is -2.44. The smallest absolute Gasteiger partial charge is 0.410 e. The van der Waals surface area contributed by atoms with Crippen LogP contribution in [-0.2, 0) is 4.74 Å². The predicted molar refractivity (Wildman–Crippen MR) is 55.0 cm³/mol. The third-order valence-corrected chi connectivity index (χ3v) is 1.18. The molecule has 1 heterocycles. The van der Waals surface area contributed by atoms with E-state index >= 15 is 0 Å². The number of hydrogen-bond donors (Lipinski definition) is 1. The summed E-state index contributed by atoms with van der Waals surface area (Å²) in [7, 11) is 0. The molecule has 0 atom stereocenters. The quantitative estimate of drug-likeness (QED) is 0.655. The molecular weight excluding hydrogens is 180 g/mol. The molecule has 0 aromatic rings. The molecule has 1 fully saturated rings. The SMILES string of the molecule is [2H]C1([2H])N(C(=O)OC(C)(C)C)C([2H])([2H])C([2H])([2H])C([2H])(N)C1([2H])[2H]. The normalized spacial score (nSPS) is 45.7. The van der Waals surface area contributed by atoms with Gasteiger partial charge in [-0.15, -0.1) is 0 Å². The number of nitrogens with two attached hydrogens (primary N) is 1. The standard InChI is InChI=1S/C10H20N2O2/c1-10(2,3)14-9(13)12-6-4-8(11)5-7-12/h8H,4-7,11H2,1-3H3/i4D2,5D2,6D2,7D2,8D. The lowest BCUT2D eigenvalue weighted by atomic mass is 10.1. The molecule has 0 aromatic carbocycles. The number of amides is 1. The van der Waals surface area contributed by atoms with Crippen LogP contribution in [0.1, 0.15) is 45.9 Å². The molecule has 2 N–H and O–H groups in total. The Balaban J connectivity index is 3.60. The van der Waals surface area contributed by atoms with Gasteiger partial charge in [0.25, 0.3) is 0 Å². The Labute approximate surface area is 98.0 Å². The maximum absolute atomic E-state index is 12.2. The maximum Gasteiger partial charge on any atom is 0.410 e. The van der Waals surface area contributed by atoms with Gasteiger partial charge in [-0.2, -0.15) is 0 Å². The van der Waals surface area contributed by atoms with Gasteiger partial charge in [-0.25, -0.2) is 4.79 Å². The Morgan fingerprint density at radius 2 is 2.07 bits per heavy atom. The number of likely N-dealkylation sites (tertiary alicyclic amines) is 1. The summed E-state index contributed by atoms with van der Waals surface area (Å²) in [6.07, 6.45) is -8.44. The summed E-state index contributed by atoms with van der Waals surface area (Å²) in [4.78, 5) is 11.9. The first-order valence-electron chi connectivity index (χ1n) is 8.57. The minimum atomic E-state index is -3.43. The first kappa shape index (κ1) is 4.00. The molecule has 4 nitrogen and oxygen atoms in total. The Kier molecular flexibility index (Phi) is 1.19. The second-order valence-corrected chi connectivity index (χ2v) is 3.70. The number of carbonyl (C=O) groups excluding carboxylic acids is 1. The van der Waals surface area contributed by atoms with Crippen LogP contribution in [0, 0.1) is 0 Å². The number of nitrogens with zero attached hydrogens (tertiary/aromatic N) is 1. The Morgan fingerprint density at radius 1 is 1.57 bits per heavy atom. The zero-order valence-corrected chi connectivity index (χ0v) is 8.34. The molecule has 0 radical (unpaired) electrons. The Hall–Kier alpha value is -0.770. The Morgan fingerprint density at radius 3 is 2.50 bits per heavy atom. The number of ether oxygens (including phenoxy) is 1. The molecule has 82 valence electrons. The van der Waals surface area contributed by atoms with Crippen LogP contribution in [0.5, 0.6) is 0 Å². The number of hydrogen-bond acceptors (Lipinski definition) is 3. The summed E-state index contributed by atoms with van der Waals surface area (Å²) in [5.41, 5.74) is 4.18. The maximum atomic E-state index is 12.2. The molecule has 1 saturated heterocycles. The molecular formula is C10H20N2O2. The molecule has 14 heavy (non-hydrogen) atoms. The topological polar surface area (TPSA) is 55.6 Å². The first-order chi connectivity index (χ1) is 9.75. The third-order valence-electron chi connectivity index (χ3n) is 1.18. The largest absolute Gasteiger partial charge is 0.444 e. The van der Waals surface area contributed by atoms with Gasteiger partial charge in [0.1, 0.15) is 5.60 Å². The molecule has 0 bridgehead atoms. The van der Waals surface area contributed by atoms with Gasteiger partial charge in [0.05, 0.1) is 0 Å². The van der Waals surface area contributed by atoms with Crippen molar-refractivity contribution in [3.63, 3.8) is 0 Å². The van der Waals surface area contributed by atoms with Crippen LogP contribution in [0.15, 0.2) is 0 Å². The van der Waals surface area contributed by atoms with Gasteiger partial charge < -0.3 is 15.4 Å². The van der Waals surface area contributed by atoms with Crippen LogP contribution in [0.2, 0.25) is 0 Å². The monoisotopic (exact) mass is 209 g/mol. The van der Waals surface area contributed by atoms with Crippen molar-refractivity contribution in [3.05, 3.63) is 0 Å². The number of carbonyl (C=O) groups is 1. The van der Waals surface area contributed by atoms with Crippen molar-refractivity contribution in [2.45, 2.75) is 45.1 Å². The minimum Gasteiger partial charge on any atom is -0.444 e. The van der Waals surface area contributed by atoms with E-state index in [9.17, 15) is 4.79 Å². The molecule has 4 heteroatoms. The van der Waals surface area contributed by atoms with E-state index in [1.165, 1.54) is 20.8 Å². The van der Waals surface area contributed by atoms with Crippen molar-refractivity contribution in [1.29, 1.82) is 0 Å².